The summed E-state index contributed by atoms with van der Waals surface area (Å²) in [6, 6.07) is -0.512. The summed E-state index contributed by atoms with van der Waals surface area (Å²) in [6.07, 6.45) is 6.64. The number of hydrogen-bond acceptors (Lipinski definition) is 3. The number of hydrogen-bond donors (Lipinski definition) is 1. The fourth-order valence-electron chi connectivity index (χ4n) is 2.27. The molecule has 1 rings (SSSR count). The molecule has 1 unspecified atom stereocenters. The van der Waals surface area contributed by atoms with Gasteiger partial charge in [0.25, 0.3) is 0 Å². The van der Waals surface area contributed by atoms with E-state index < -0.39 is 16.1 Å². The molecule has 0 aromatic carbocycles. The number of carbonyl (C=O) groups is 1. The van der Waals surface area contributed by atoms with Gasteiger partial charge in [-0.1, -0.05) is 19.1 Å². The number of nitrogens with zero attached hydrogens (tertiary/aromatic N) is 1. The zero-order chi connectivity index (χ0) is 14.3. The van der Waals surface area contributed by atoms with E-state index in [1.165, 1.54) is 4.31 Å². The van der Waals surface area contributed by atoms with Crippen LogP contribution in [0.15, 0.2) is 12.2 Å². The summed E-state index contributed by atoms with van der Waals surface area (Å²) in [5.74, 6) is -0.0447. The Morgan fingerprint density at radius 3 is 2.84 bits per heavy atom. The van der Waals surface area contributed by atoms with E-state index in [2.05, 4.69) is 5.32 Å². The Labute approximate surface area is 116 Å². The standard InChI is InChI=1S/C13H24N2O3S/c1-3-5-6-9-14-13(16)12-8-7-10-15(12)19(17,18)11-4-2/h3,5,12H,4,6-11H2,1-2H3,(H,14,16)/b5-3+. The van der Waals surface area contributed by atoms with Crippen LogP contribution >= 0.6 is 0 Å². The minimum Gasteiger partial charge on any atom is -0.354 e. The summed E-state index contributed by atoms with van der Waals surface area (Å²) >= 11 is 0. The third-order valence-corrected chi connectivity index (χ3v) is 5.25. The first kappa shape index (κ1) is 16.2. The molecule has 1 atom stereocenters. The molecule has 6 heteroatoms. The average Bonchev–Trinajstić information content (AvgIpc) is 2.84. The smallest absolute Gasteiger partial charge is 0.238 e. The number of rotatable bonds is 7. The SMILES string of the molecule is C/C=C/CCNC(=O)C1CCCN1S(=O)(=O)CCC. The number of amides is 1. The fourth-order valence-corrected chi connectivity index (χ4v) is 4.02. The van der Waals surface area contributed by atoms with Gasteiger partial charge in [-0.2, -0.15) is 4.31 Å². The van der Waals surface area contributed by atoms with Crippen LogP contribution in [-0.4, -0.2) is 43.5 Å². The van der Waals surface area contributed by atoms with Crippen molar-refractivity contribution < 1.29 is 13.2 Å². The van der Waals surface area contributed by atoms with Gasteiger partial charge in [-0.15, -0.1) is 0 Å². The average molecular weight is 288 g/mol. The van der Waals surface area contributed by atoms with Crippen molar-refractivity contribution in [3.63, 3.8) is 0 Å². The predicted molar refractivity (Wildman–Crippen MR) is 76.2 cm³/mol. The van der Waals surface area contributed by atoms with Gasteiger partial charge in [-0.25, -0.2) is 8.42 Å². The molecule has 110 valence electrons. The molecule has 1 N–H and O–H groups in total. The van der Waals surface area contributed by atoms with Gasteiger partial charge in [-0.3, -0.25) is 4.79 Å². The van der Waals surface area contributed by atoms with Crippen LogP contribution in [0.3, 0.4) is 0 Å². The number of carbonyl (C=O) groups excluding carboxylic acids is 1. The Morgan fingerprint density at radius 1 is 1.47 bits per heavy atom. The molecule has 19 heavy (non-hydrogen) atoms. The van der Waals surface area contributed by atoms with Gasteiger partial charge in [-0.05, 0) is 32.6 Å². The van der Waals surface area contributed by atoms with E-state index in [-0.39, 0.29) is 11.7 Å². The van der Waals surface area contributed by atoms with Crippen molar-refractivity contribution >= 4 is 15.9 Å². The van der Waals surface area contributed by atoms with Crippen LogP contribution in [0.5, 0.6) is 0 Å². The Morgan fingerprint density at radius 2 is 2.21 bits per heavy atom. The second-order valence-electron chi connectivity index (χ2n) is 4.73. The maximum Gasteiger partial charge on any atom is 0.238 e. The highest BCUT2D eigenvalue weighted by molar-refractivity contribution is 7.89. The largest absolute Gasteiger partial charge is 0.354 e. The second-order valence-corrected chi connectivity index (χ2v) is 6.77. The molecule has 0 radical (unpaired) electrons. The van der Waals surface area contributed by atoms with Gasteiger partial charge in [0.1, 0.15) is 6.04 Å². The Bertz CT molecular complexity index is 418. The zero-order valence-electron chi connectivity index (χ0n) is 11.8. The summed E-state index contributed by atoms with van der Waals surface area (Å²) in [6.45, 7) is 4.79. The van der Waals surface area contributed by atoms with E-state index in [0.717, 1.165) is 12.8 Å². The molecule has 5 nitrogen and oxygen atoms in total. The summed E-state index contributed by atoms with van der Waals surface area (Å²) in [5.41, 5.74) is 0. The van der Waals surface area contributed by atoms with Crippen LogP contribution in [0.2, 0.25) is 0 Å². The molecule has 1 aliphatic heterocycles. The van der Waals surface area contributed by atoms with Gasteiger partial charge in [0, 0.05) is 13.1 Å². The van der Waals surface area contributed by atoms with Gasteiger partial charge in [0.15, 0.2) is 0 Å². The van der Waals surface area contributed by atoms with Crippen molar-refractivity contribution in [3.8, 4) is 0 Å². The van der Waals surface area contributed by atoms with Crippen LogP contribution < -0.4 is 5.32 Å². The van der Waals surface area contributed by atoms with Gasteiger partial charge >= 0.3 is 0 Å². The summed E-state index contributed by atoms with van der Waals surface area (Å²) < 4.78 is 25.5. The summed E-state index contributed by atoms with van der Waals surface area (Å²) in [5, 5.41) is 2.81. The Balaban J connectivity index is 2.58. The monoisotopic (exact) mass is 288 g/mol. The van der Waals surface area contributed by atoms with Crippen molar-refractivity contribution in [2.75, 3.05) is 18.8 Å². The van der Waals surface area contributed by atoms with Gasteiger partial charge in [0.2, 0.25) is 15.9 Å². The Kier molecular flexibility index (Phi) is 6.51. The number of sulfonamides is 1. The van der Waals surface area contributed by atoms with Crippen molar-refractivity contribution in [3.05, 3.63) is 12.2 Å². The lowest BCUT2D eigenvalue weighted by Crippen LogP contribution is -2.46. The van der Waals surface area contributed by atoms with Gasteiger partial charge in [0.05, 0.1) is 5.75 Å². The van der Waals surface area contributed by atoms with Crippen LogP contribution in [0.25, 0.3) is 0 Å². The summed E-state index contributed by atoms with van der Waals surface area (Å²) in [4.78, 5) is 12.0. The maximum absolute atomic E-state index is 12.1. The van der Waals surface area contributed by atoms with E-state index in [1.54, 1.807) is 0 Å². The van der Waals surface area contributed by atoms with Crippen molar-refractivity contribution in [2.24, 2.45) is 0 Å². The van der Waals surface area contributed by atoms with Crippen molar-refractivity contribution in [1.29, 1.82) is 0 Å². The first-order valence-corrected chi connectivity index (χ1v) is 8.52. The maximum atomic E-state index is 12.1. The number of allylic oxidation sites excluding steroid dienone is 1. The lowest BCUT2D eigenvalue weighted by Gasteiger charge is -2.23. The normalized spacial score (nSPS) is 21.1. The highest BCUT2D eigenvalue weighted by atomic mass is 32.2. The van der Waals surface area contributed by atoms with E-state index in [1.807, 2.05) is 26.0 Å². The summed E-state index contributed by atoms with van der Waals surface area (Å²) in [7, 11) is -3.28. The molecule has 1 fully saturated rings. The first-order valence-electron chi connectivity index (χ1n) is 6.91. The molecule has 0 saturated carbocycles. The molecule has 1 heterocycles. The van der Waals surface area contributed by atoms with Gasteiger partial charge < -0.3 is 5.32 Å². The van der Waals surface area contributed by atoms with Crippen LogP contribution in [0.1, 0.15) is 39.5 Å². The molecule has 0 aromatic heterocycles. The molecule has 0 aromatic rings. The molecule has 0 bridgehead atoms. The van der Waals surface area contributed by atoms with Crippen molar-refractivity contribution in [2.45, 2.75) is 45.6 Å². The minimum absolute atomic E-state index is 0.120. The highest BCUT2D eigenvalue weighted by Gasteiger charge is 2.37. The quantitative estimate of drug-likeness (QED) is 0.567. The molecule has 1 amide bonds. The zero-order valence-corrected chi connectivity index (χ0v) is 12.6. The first-order chi connectivity index (χ1) is 9.03. The van der Waals surface area contributed by atoms with Crippen molar-refractivity contribution in [1.82, 2.24) is 9.62 Å². The molecule has 0 aliphatic carbocycles. The second kappa shape index (κ2) is 7.65. The van der Waals surface area contributed by atoms with Crippen LogP contribution in [0.4, 0.5) is 0 Å². The molecule has 0 spiro atoms. The Hall–Kier alpha value is -0.880. The molecule has 1 aliphatic rings. The molecular weight excluding hydrogens is 264 g/mol. The van der Waals surface area contributed by atoms with E-state index in [0.29, 0.717) is 25.9 Å². The predicted octanol–water partition coefficient (Wildman–Crippen LogP) is 1.27. The molecular formula is C13H24N2O3S. The lowest BCUT2D eigenvalue weighted by molar-refractivity contribution is -0.124. The van der Waals surface area contributed by atoms with Crippen LogP contribution in [-0.2, 0) is 14.8 Å². The lowest BCUT2D eigenvalue weighted by atomic mass is 10.2. The molecule has 1 saturated heterocycles. The van der Waals surface area contributed by atoms with E-state index in [4.69, 9.17) is 0 Å². The van der Waals surface area contributed by atoms with E-state index >= 15 is 0 Å². The third-order valence-electron chi connectivity index (χ3n) is 3.17. The van der Waals surface area contributed by atoms with Crippen LogP contribution in [0, 0.1) is 0 Å². The third kappa shape index (κ3) is 4.62. The fraction of sp³-hybridized carbons (Fsp3) is 0.769. The highest BCUT2D eigenvalue weighted by Crippen LogP contribution is 2.21. The minimum atomic E-state index is -3.28. The van der Waals surface area contributed by atoms with E-state index in [9.17, 15) is 13.2 Å². The topological polar surface area (TPSA) is 66.5 Å². The number of nitrogens with one attached hydrogen (secondary N) is 1.